The molecule has 1 aromatic rings. The summed E-state index contributed by atoms with van der Waals surface area (Å²) >= 11 is 1.49. The minimum atomic E-state index is -0.828. The van der Waals surface area contributed by atoms with Gasteiger partial charge in [0.2, 0.25) is 5.91 Å². The predicted octanol–water partition coefficient (Wildman–Crippen LogP) is 1.94. The molecule has 8 heteroatoms. The van der Waals surface area contributed by atoms with Gasteiger partial charge in [-0.3, -0.25) is 14.9 Å². The van der Waals surface area contributed by atoms with Crippen molar-refractivity contribution in [3.63, 3.8) is 0 Å². The van der Waals surface area contributed by atoms with Crippen molar-refractivity contribution < 1.29 is 14.4 Å². The van der Waals surface area contributed by atoms with Crippen molar-refractivity contribution >= 4 is 29.2 Å². The number of carbonyl (C=O) groups excluding carboxylic acids is 3. The number of carbonyl (C=O) groups is 3. The molecule has 4 amide bonds. The molecule has 26 heavy (non-hydrogen) atoms. The maximum Gasteiger partial charge on any atom is 0.322 e. The van der Waals surface area contributed by atoms with Gasteiger partial charge < -0.3 is 10.2 Å². The molecule has 1 atom stereocenters. The molecular weight excluding hydrogens is 352 g/mol. The molecule has 0 aliphatic carbocycles. The summed E-state index contributed by atoms with van der Waals surface area (Å²) < 4.78 is 0. The third kappa shape index (κ3) is 3.90. The van der Waals surface area contributed by atoms with Crippen molar-refractivity contribution in [2.45, 2.75) is 51.5 Å². The molecule has 3 rings (SSSR count). The second-order valence-corrected chi connectivity index (χ2v) is 8.34. The third-order valence-electron chi connectivity index (χ3n) is 5.45. The predicted molar refractivity (Wildman–Crippen MR) is 98.6 cm³/mol. The number of rotatable bonds is 6. The van der Waals surface area contributed by atoms with E-state index in [4.69, 9.17) is 0 Å². The number of piperidine rings is 1. The number of likely N-dealkylation sites (tertiary alicyclic amines) is 1. The van der Waals surface area contributed by atoms with Crippen molar-refractivity contribution in [2.75, 3.05) is 13.1 Å². The highest BCUT2D eigenvalue weighted by Gasteiger charge is 2.51. The first-order chi connectivity index (χ1) is 12.4. The van der Waals surface area contributed by atoms with Gasteiger partial charge in [0.15, 0.2) is 0 Å². The van der Waals surface area contributed by atoms with Crippen LogP contribution in [0.15, 0.2) is 10.9 Å². The lowest BCUT2D eigenvalue weighted by Gasteiger charge is -2.41. The summed E-state index contributed by atoms with van der Waals surface area (Å²) in [7, 11) is 0. The Morgan fingerprint density at radius 2 is 2.12 bits per heavy atom. The minimum absolute atomic E-state index is 0.0519. The zero-order chi connectivity index (χ0) is 18.7. The monoisotopic (exact) mass is 378 g/mol. The van der Waals surface area contributed by atoms with Gasteiger partial charge in [0.05, 0.1) is 17.6 Å². The van der Waals surface area contributed by atoms with Crippen LogP contribution in [0.1, 0.15) is 45.2 Å². The fourth-order valence-electron chi connectivity index (χ4n) is 3.90. The van der Waals surface area contributed by atoms with E-state index in [0.29, 0.717) is 44.7 Å². The Labute approximate surface area is 157 Å². The number of thiazole rings is 1. The van der Waals surface area contributed by atoms with E-state index in [0.717, 1.165) is 12.1 Å². The van der Waals surface area contributed by atoms with Gasteiger partial charge in [0, 0.05) is 18.5 Å². The second-order valence-electron chi connectivity index (χ2n) is 7.62. The fraction of sp³-hybridized carbons (Fsp3) is 0.667. The lowest BCUT2D eigenvalue weighted by Crippen LogP contribution is -2.56. The first kappa shape index (κ1) is 18.8. The summed E-state index contributed by atoms with van der Waals surface area (Å²) in [5.74, 6) is 0.369. The molecule has 2 aliphatic heterocycles. The highest BCUT2D eigenvalue weighted by atomic mass is 32.1. The normalized spacial score (nSPS) is 24.0. The molecule has 0 radical (unpaired) electrons. The molecular formula is C18H26N4O3S. The topological polar surface area (TPSA) is 91.4 Å². The van der Waals surface area contributed by atoms with E-state index in [2.05, 4.69) is 29.5 Å². The number of imide groups is 1. The van der Waals surface area contributed by atoms with Gasteiger partial charge in [0.1, 0.15) is 5.54 Å². The molecule has 2 saturated heterocycles. The first-order valence-corrected chi connectivity index (χ1v) is 10.1. The molecule has 2 fully saturated rings. The van der Waals surface area contributed by atoms with Crippen LogP contribution in [0, 0.1) is 11.8 Å². The molecule has 2 N–H and O–H groups in total. The molecule has 2 aliphatic rings. The summed E-state index contributed by atoms with van der Waals surface area (Å²) in [4.78, 5) is 42.8. The number of hydrogen-bond acceptors (Lipinski definition) is 5. The summed E-state index contributed by atoms with van der Waals surface area (Å²) in [5, 5.41) is 7.22. The highest BCUT2D eigenvalue weighted by Crippen LogP contribution is 2.35. The van der Waals surface area contributed by atoms with Gasteiger partial charge in [-0.2, -0.15) is 0 Å². The molecule has 0 bridgehead atoms. The van der Waals surface area contributed by atoms with E-state index in [-0.39, 0.29) is 17.7 Å². The maximum atomic E-state index is 12.6. The fourth-order valence-corrected chi connectivity index (χ4v) is 4.46. The number of nitrogens with one attached hydrogen (secondary N) is 2. The third-order valence-corrected chi connectivity index (χ3v) is 6.08. The number of amides is 4. The average Bonchev–Trinajstić information content (AvgIpc) is 3.21. The van der Waals surface area contributed by atoms with E-state index >= 15 is 0 Å². The van der Waals surface area contributed by atoms with Gasteiger partial charge in [-0.1, -0.05) is 13.8 Å². The first-order valence-electron chi connectivity index (χ1n) is 9.19. The van der Waals surface area contributed by atoms with Crippen LogP contribution in [-0.2, 0) is 16.0 Å². The van der Waals surface area contributed by atoms with Crippen LogP contribution in [0.3, 0.4) is 0 Å². The van der Waals surface area contributed by atoms with E-state index < -0.39 is 11.6 Å². The SMILES string of the molecule is CC(C)CCC1(C2CCN(C(=O)Cc3cscn3)CC2)NC(=O)NC1=O. The Hall–Kier alpha value is -1.96. The molecule has 0 saturated carbocycles. The van der Waals surface area contributed by atoms with Crippen LogP contribution in [0.4, 0.5) is 4.79 Å². The van der Waals surface area contributed by atoms with E-state index in [1.807, 2.05) is 10.3 Å². The van der Waals surface area contributed by atoms with Gasteiger partial charge in [0.25, 0.3) is 5.91 Å². The smallest absolute Gasteiger partial charge is 0.322 e. The van der Waals surface area contributed by atoms with Gasteiger partial charge in [-0.25, -0.2) is 9.78 Å². The van der Waals surface area contributed by atoms with Crippen LogP contribution in [0.25, 0.3) is 0 Å². The van der Waals surface area contributed by atoms with Crippen molar-refractivity contribution in [1.82, 2.24) is 20.5 Å². The number of hydrogen-bond donors (Lipinski definition) is 2. The van der Waals surface area contributed by atoms with Crippen molar-refractivity contribution in [3.8, 4) is 0 Å². The van der Waals surface area contributed by atoms with Gasteiger partial charge in [-0.05, 0) is 37.5 Å². The van der Waals surface area contributed by atoms with E-state index in [1.165, 1.54) is 11.3 Å². The summed E-state index contributed by atoms with van der Waals surface area (Å²) in [6, 6.07) is -0.402. The average molecular weight is 378 g/mol. The van der Waals surface area contributed by atoms with Crippen molar-refractivity contribution in [1.29, 1.82) is 0 Å². The second kappa shape index (κ2) is 7.73. The number of aromatic nitrogens is 1. The van der Waals surface area contributed by atoms with Crippen LogP contribution < -0.4 is 10.6 Å². The van der Waals surface area contributed by atoms with Crippen LogP contribution in [-0.4, -0.2) is 46.4 Å². The summed E-state index contributed by atoms with van der Waals surface area (Å²) in [6.07, 6.45) is 3.27. The van der Waals surface area contributed by atoms with E-state index in [1.54, 1.807) is 5.51 Å². The Morgan fingerprint density at radius 3 is 2.65 bits per heavy atom. The molecule has 0 spiro atoms. The molecule has 0 aromatic carbocycles. The van der Waals surface area contributed by atoms with Crippen LogP contribution >= 0.6 is 11.3 Å². The molecule has 3 heterocycles. The molecule has 1 aromatic heterocycles. The van der Waals surface area contributed by atoms with Crippen LogP contribution in [0.2, 0.25) is 0 Å². The summed E-state index contributed by atoms with van der Waals surface area (Å²) in [5.41, 5.74) is 1.71. The molecule has 142 valence electrons. The van der Waals surface area contributed by atoms with Crippen molar-refractivity contribution in [3.05, 3.63) is 16.6 Å². The number of nitrogens with zero attached hydrogens (tertiary/aromatic N) is 2. The Balaban J connectivity index is 1.63. The summed E-state index contributed by atoms with van der Waals surface area (Å²) in [6.45, 7) is 5.45. The van der Waals surface area contributed by atoms with Crippen molar-refractivity contribution in [2.24, 2.45) is 11.8 Å². The maximum absolute atomic E-state index is 12.6. The Bertz CT molecular complexity index is 668. The Kier molecular flexibility index (Phi) is 5.60. The quantitative estimate of drug-likeness (QED) is 0.740. The van der Waals surface area contributed by atoms with E-state index in [9.17, 15) is 14.4 Å². The largest absolute Gasteiger partial charge is 0.342 e. The van der Waals surface area contributed by atoms with Gasteiger partial charge >= 0.3 is 6.03 Å². The lowest BCUT2D eigenvalue weighted by molar-refractivity contribution is -0.133. The standard InChI is InChI=1S/C18H26N4O3S/c1-12(2)3-6-18(16(24)20-17(25)21-18)13-4-7-22(8-5-13)15(23)9-14-10-26-11-19-14/h10-13H,3-9H2,1-2H3,(H2,20,21,24,25). The highest BCUT2D eigenvalue weighted by molar-refractivity contribution is 7.07. The molecule has 7 nitrogen and oxygen atoms in total. The van der Waals surface area contributed by atoms with Gasteiger partial charge in [-0.15, -0.1) is 11.3 Å². The number of urea groups is 1. The zero-order valence-corrected chi connectivity index (χ0v) is 16.1. The Morgan fingerprint density at radius 1 is 1.38 bits per heavy atom. The molecule has 1 unspecified atom stereocenters. The zero-order valence-electron chi connectivity index (χ0n) is 15.3. The van der Waals surface area contributed by atoms with Crippen LogP contribution in [0.5, 0.6) is 0 Å². The lowest BCUT2D eigenvalue weighted by atomic mass is 9.74. The minimum Gasteiger partial charge on any atom is -0.342 e.